The van der Waals surface area contributed by atoms with Crippen LogP contribution in [0.1, 0.15) is 12.5 Å². The predicted molar refractivity (Wildman–Crippen MR) is 94.9 cm³/mol. The molecule has 1 heterocycles. The smallest absolute Gasteiger partial charge is 0.410 e. The fourth-order valence-corrected chi connectivity index (χ4v) is 1.98. The zero-order valence-corrected chi connectivity index (χ0v) is 14.0. The molecule has 7 nitrogen and oxygen atoms in total. The van der Waals surface area contributed by atoms with Crippen molar-refractivity contribution in [3.05, 3.63) is 58.4 Å². The van der Waals surface area contributed by atoms with Gasteiger partial charge in [-0.15, -0.1) is 0 Å². The van der Waals surface area contributed by atoms with E-state index in [1.165, 1.54) is 26.1 Å². The van der Waals surface area contributed by atoms with E-state index in [-0.39, 0.29) is 17.9 Å². The number of carbonyl (C=O) groups excluding carboxylic acids is 2. The van der Waals surface area contributed by atoms with Crippen molar-refractivity contribution in [2.45, 2.75) is 19.6 Å². The number of aromatic amines is 1. The summed E-state index contributed by atoms with van der Waals surface area (Å²) in [6.07, 6.45) is -0.641. The molecule has 0 bridgehead atoms. The summed E-state index contributed by atoms with van der Waals surface area (Å²) in [6, 6.07) is 11.2. The van der Waals surface area contributed by atoms with Crippen molar-refractivity contribution in [3.63, 3.8) is 0 Å². The lowest BCUT2D eigenvalue weighted by molar-refractivity contribution is -0.120. The number of benzene rings is 1. The van der Waals surface area contributed by atoms with Crippen LogP contribution in [-0.4, -0.2) is 42.8 Å². The van der Waals surface area contributed by atoms with Gasteiger partial charge in [0.1, 0.15) is 26.2 Å². The van der Waals surface area contributed by atoms with Gasteiger partial charge in [0, 0.05) is 7.05 Å². The molecular formula is C17H18BN3O4. The third-order valence-electron chi connectivity index (χ3n) is 3.64. The van der Waals surface area contributed by atoms with Gasteiger partial charge in [0.05, 0.1) is 0 Å². The van der Waals surface area contributed by atoms with E-state index < -0.39 is 23.6 Å². The van der Waals surface area contributed by atoms with Crippen LogP contribution in [0, 0.1) is 0 Å². The number of hydrogen-bond donors (Lipinski definition) is 2. The van der Waals surface area contributed by atoms with Gasteiger partial charge in [0.15, 0.2) is 0 Å². The standard InChI is InChI=1S/C17H18BN3O4/c1-11(15(22)19-13-8-9-14(18)20-16(13)23)21(2)17(24)25-10-12-6-4-3-5-7-12/h3-9,11H,10H2,1-2H3,(H,19,22)(H,20,23)/t11-/m0/s1. The number of aromatic nitrogens is 1. The summed E-state index contributed by atoms with van der Waals surface area (Å²) in [4.78, 5) is 39.5. The summed E-state index contributed by atoms with van der Waals surface area (Å²) in [6.45, 7) is 1.64. The first kappa shape index (κ1) is 18.3. The highest BCUT2D eigenvalue weighted by Crippen LogP contribution is 2.06. The minimum atomic E-state index is -0.833. The third kappa shape index (κ3) is 4.97. The molecule has 2 N–H and O–H groups in total. The average molecular weight is 339 g/mol. The molecule has 0 aliphatic rings. The molecule has 1 atom stereocenters. The van der Waals surface area contributed by atoms with Crippen molar-refractivity contribution in [2.75, 3.05) is 12.4 Å². The molecule has 0 aliphatic heterocycles. The minimum absolute atomic E-state index is 0.0529. The van der Waals surface area contributed by atoms with E-state index in [0.29, 0.717) is 0 Å². The van der Waals surface area contributed by atoms with Crippen molar-refractivity contribution in [3.8, 4) is 0 Å². The van der Waals surface area contributed by atoms with Gasteiger partial charge < -0.3 is 15.0 Å². The van der Waals surface area contributed by atoms with Gasteiger partial charge in [-0.2, -0.15) is 0 Å². The van der Waals surface area contributed by atoms with E-state index in [1.54, 1.807) is 0 Å². The van der Waals surface area contributed by atoms with Crippen molar-refractivity contribution in [1.82, 2.24) is 9.88 Å². The molecule has 0 saturated heterocycles. The number of likely N-dealkylation sites (N-methyl/N-ethyl adjacent to an activating group) is 1. The maximum atomic E-state index is 12.2. The molecule has 0 saturated carbocycles. The fraction of sp³-hybridized carbons (Fsp3) is 0.235. The van der Waals surface area contributed by atoms with Crippen LogP contribution in [-0.2, 0) is 16.1 Å². The summed E-state index contributed by atoms with van der Waals surface area (Å²) in [7, 11) is 6.90. The summed E-state index contributed by atoms with van der Waals surface area (Å²) < 4.78 is 5.17. The summed E-state index contributed by atoms with van der Waals surface area (Å²) in [5, 5.41) is 2.46. The monoisotopic (exact) mass is 339 g/mol. The number of ether oxygens (including phenoxy) is 1. The molecular weight excluding hydrogens is 321 g/mol. The Kier molecular flexibility index (Phi) is 6.00. The maximum absolute atomic E-state index is 12.2. The number of anilines is 1. The second-order valence-electron chi connectivity index (χ2n) is 5.47. The Hall–Kier alpha value is -3.03. The first-order valence-electron chi connectivity index (χ1n) is 7.61. The highest BCUT2D eigenvalue weighted by Gasteiger charge is 2.24. The van der Waals surface area contributed by atoms with E-state index in [2.05, 4.69) is 10.3 Å². The zero-order chi connectivity index (χ0) is 18.4. The SMILES string of the molecule is [B]c1ccc(NC(=O)[C@H](C)N(C)C(=O)OCc2ccccc2)c(=O)[nH]1. The lowest BCUT2D eigenvalue weighted by Crippen LogP contribution is -2.44. The van der Waals surface area contributed by atoms with E-state index in [4.69, 9.17) is 12.6 Å². The molecule has 0 spiro atoms. The van der Waals surface area contributed by atoms with Crippen LogP contribution >= 0.6 is 0 Å². The predicted octanol–water partition coefficient (Wildman–Crippen LogP) is 0.764. The second-order valence-corrected chi connectivity index (χ2v) is 5.47. The molecule has 0 aliphatic carbocycles. The number of H-pyrrole nitrogens is 1. The Morgan fingerprint density at radius 3 is 2.56 bits per heavy atom. The van der Waals surface area contributed by atoms with E-state index in [1.807, 2.05) is 30.3 Å². The lowest BCUT2D eigenvalue weighted by Gasteiger charge is -2.23. The number of hydrogen-bond acceptors (Lipinski definition) is 4. The summed E-state index contributed by atoms with van der Waals surface area (Å²) >= 11 is 0. The molecule has 2 rings (SSSR count). The van der Waals surface area contributed by atoms with Crippen LogP contribution in [0.4, 0.5) is 10.5 Å². The number of carbonyl (C=O) groups is 2. The van der Waals surface area contributed by atoms with Crippen molar-refractivity contribution >= 4 is 31.1 Å². The number of amides is 2. The number of nitrogens with one attached hydrogen (secondary N) is 2. The second kappa shape index (κ2) is 8.19. The van der Waals surface area contributed by atoms with Crippen molar-refractivity contribution in [2.24, 2.45) is 0 Å². The molecule has 2 aromatic rings. The van der Waals surface area contributed by atoms with E-state index in [9.17, 15) is 14.4 Å². The molecule has 1 aromatic carbocycles. The molecule has 128 valence electrons. The van der Waals surface area contributed by atoms with E-state index in [0.717, 1.165) is 10.5 Å². The molecule has 2 radical (unpaired) electrons. The molecule has 25 heavy (non-hydrogen) atoms. The minimum Gasteiger partial charge on any atom is -0.445 e. The van der Waals surface area contributed by atoms with Gasteiger partial charge in [-0.3, -0.25) is 14.5 Å². The Balaban J connectivity index is 1.93. The summed E-state index contributed by atoms with van der Waals surface area (Å²) in [5.74, 6) is -0.519. The lowest BCUT2D eigenvalue weighted by atomic mass is 10.0. The Morgan fingerprint density at radius 1 is 1.24 bits per heavy atom. The van der Waals surface area contributed by atoms with Crippen LogP contribution in [0.15, 0.2) is 47.3 Å². The molecule has 8 heteroatoms. The van der Waals surface area contributed by atoms with Gasteiger partial charge in [0.25, 0.3) is 5.56 Å². The van der Waals surface area contributed by atoms with Crippen LogP contribution < -0.4 is 16.5 Å². The van der Waals surface area contributed by atoms with Crippen molar-refractivity contribution in [1.29, 1.82) is 0 Å². The van der Waals surface area contributed by atoms with Crippen LogP contribution in [0.3, 0.4) is 0 Å². The maximum Gasteiger partial charge on any atom is 0.410 e. The van der Waals surface area contributed by atoms with Crippen LogP contribution in [0.5, 0.6) is 0 Å². The third-order valence-corrected chi connectivity index (χ3v) is 3.64. The van der Waals surface area contributed by atoms with Gasteiger partial charge in [-0.1, -0.05) is 36.4 Å². The Labute approximate surface area is 146 Å². The van der Waals surface area contributed by atoms with Crippen molar-refractivity contribution < 1.29 is 14.3 Å². The van der Waals surface area contributed by atoms with E-state index >= 15 is 0 Å². The quantitative estimate of drug-likeness (QED) is 0.787. The highest BCUT2D eigenvalue weighted by atomic mass is 16.6. The van der Waals surface area contributed by atoms with Gasteiger partial charge in [-0.25, -0.2) is 4.79 Å². The topological polar surface area (TPSA) is 91.5 Å². The highest BCUT2D eigenvalue weighted by molar-refractivity contribution is 6.30. The average Bonchev–Trinajstić information content (AvgIpc) is 2.61. The van der Waals surface area contributed by atoms with Gasteiger partial charge >= 0.3 is 6.09 Å². The van der Waals surface area contributed by atoms with Crippen LogP contribution in [0.2, 0.25) is 0 Å². The largest absolute Gasteiger partial charge is 0.445 e. The molecule has 2 amide bonds. The molecule has 0 fully saturated rings. The van der Waals surface area contributed by atoms with Gasteiger partial charge in [-0.05, 0) is 24.1 Å². The Bertz CT molecular complexity index is 807. The normalized spacial score (nSPS) is 11.4. The van der Waals surface area contributed by atoms with Gasteiger partial charge in [0.2, 0.25) is 5.91 Å². The fourth-order valence-electron chi connectivity index (χ4n) is 1.98. The first-order chi connectivity index (χ1) is 11.9. The molecule has 0 unspecified atom stereocenters. The Morgan fingerprint density at radius 2 is 1.92 bits per heavy atom. The number of nitrogens with zero attached hydrogens (tertiary/aromatic N) is 1. The zero-order valence-electron chi connectivity index (χ0n) is 14.0. The first-order valence-corrected chi connectivity index (χ1v) is 7.61. The number of pyridine rings is 1. The summed E-state index contributed by atoms with van der Waals surface area (Å²) in [5.41, 5.74) is 0.569. The molecule has 1 aromatic heterocycles. The van der Waals surface area contributed by atoms with Crippen LogP contribution in [0.25, 0.3) is 0 Å². The number of rotatable bonds is 5.